The zero-order chi connectivity index (χ0) is 14.8. The normalized spacial score (nSPS) is 16.2. The molecule has 0 aromatic carbocycles. The van der Waals surface area contributed by atoms with Crippen LogP contribution in [0.1, 0.15) is 38.1 Å². The van der Waals surface area contributed by atoms with Gasteiger partial charge in [0.05, 0.1) is 0 Å². The predicted molar refractivity (Wildman–Crippen MR) is 85.7 cm³/mol. The van der Waals surface area contributed by atoms with Crippen LogP contribution in [0.2, 0.25) is 5.02 Å². The SMILES string of the molecule is O=c1c(Cl)c(Sc2ncccc2O)sn1C1CCCCC1. The molecule has 2 aromatic rings. The molecule has 0 spiro atoms. The number of halogens is 1. The van der Waals surface area contributed by atoms with Crippen LogP contribution in [-0.4, -0.2) is 14.0 Å². The molecule has 4 nitrogen and oxygen atoms in total. The number of rotatable bonds is 3. The highest BCUT2D eigenvalue weighted by molar-refractivity contribution is 8.01. The molecule has 1 aliphatic carbocycles. The highest BCUT2D eigenvalue weighted by atomic mass is 35.5. The summed E-state index contributed by atoms with van der Waals surface area (Å²) in [7, 11) is 0. The first-order chi connectivity index (χ1) is 10.2. The Morgan fingerprint density at radius 2 is 2.14 bits per heavy atom. The molecule has 1 fully saturated rings. The lowest BCUT2D eigenvalue weighted by Crippen LogP contribution is -2.21. The van der Waals surface area contributed by atoms with E-state index in [1.54, 1.807) is 22.3 Å². The lowest BCUT2D eigenvalue weighted by atomic mass is 9.96. The van der Waals surface area contributed by atoms with Crippen LogP contribution in [0.25, 0.3) is 0 Å². The lowest BCUT2D eigenvalue weighted by molar-refractivity contribution is 0.365. The number of aromatic hydroxyl groups is 1. The second-order valence-electron chi connectivity index (χ2n) is 5.05. The van der Waals surface area contributed by atoms with Crippen molar-refractivity contribution in [1.82, 2.24) is 8.94 Å². The van der Waals surface area contributed by atoms with E-state index < -0.39 is 0 Å². The molecule has 1 N–H and O–H groups in total. The summed E-state index contributed by atoms with van der Waals surface area (Å²) in [5.41, 5.74) is -0.119. The zero-order valence-electron chi connectivity index (χ0n) is 11.3. The third kappa shape index (κ3) is 3.12. The van der Waals surface area contributed by atoms with Crippen molar-refractivity contribution in [2.45, 2.75) is 47.4 Å². The van der Waals surface area contributed by atoms with Gasteiger partial charge >= 0.3 is 0 Å². The summed E-state index contributed by atoms with van der Waals surface area (Å²) in [6.07, 6.45) is 7.25. The Morgan fingerprint density at radius 1 is 1.38 bits per heavy atom. The molecule has 21 heavy (non-hydrogen) atoms. The summed E-state index contributed by atoms with van der Waals surface area (Å²) in [6, 6.07) is 3.50. The monoisotopic (exact) mass is 342 g/mol. The maximum Gasteiger partial charge on any atom is 0.280 e. The number of aromatic nitrogens is 2. The molecule has 2 aromatic heterocycles. The van der Waals surface area contributed by atoms with Crippen LogP contribution in [0.15, 0.2) is 32.4 Å². The highest BCUT2D eigenvalue weighted by Crippen LogP contribution is 2.40. The van der Waals surface area contributed by atoms with E-state index in [0.717, 1.165) is 25.7 Å². The van der Waals surface area contributed by atoms with Crippen molar-refractivity contribution in [2.75, 3.05) is 0 Å². The van der Waals surface area contributed by atoms with Crippen LogP contribution < -0.4 is 5.56 Å². The topological polar surface area (TPSA) is 55.1 Å². The van der Waals surface area contributed by atoms with Crippen molar-refractivity contribution in [1.29, 1.82) is 0 Å². The minimum absolute atomic E-state index is 0.101. The Kier molecular flexibility index (Phi) is 4.57. The second-order valence-corrected chi connectivity index (χ2v) is 7.66. The van der Waals surface area contributed by atoms with E-state index in [4.69, 9.17) is 11.6 Å². The Bertz CT molecular complexity index is 693. The van der Waals surface area contributed by atoms with E-state index in [2.05, 4.69) is 4.98 Å². The molecule has 2 heterocycles. The molecule has 7 heteroatoms. The maximum absolute atomic E-state index is 12.3. The van der Waals surface area contributed by atoms with Crippen LogP contribution in [0.4, 0.5) is 0 Å². The predicted octanol–water partition coefficient (Wildman–Crippen LogP) is 4.32. The maximum atomic E-state index is 12.3. The largest absolute Gasteiger partial charge is 0.505 e. The first kappa shape index (κ1) is 14.9. The minimum Gasteiger partial charge on any atom is -0.505 e. The van der Waals surface area contributed by atoms with E-state index in [1.807, 2.05) is 0 Å². The van der Waals surface area contributed by atoms with Crippen molar-refractivity contribution in [3.8, 4) is 5.75 Å². The quantitative estimate of drug-likeness (QED) is 0.902. The fraction of sp³-hybridized carbons (Fsp3) is 0.429. The first-order valence-electron chi connectivity index (χ1n) is 6.90. The van der Waals surface area contributed by atoms with Crippen molar-refractivity contribution in [2.24, 2.45) is 0 Å². The van der Waals surface area contributed by atoms with E-state index >= 15 is 0 Å². The van der Waals surface area contributed by atoms with Gasteiger partial charge in [0.2, 0.25) is 0 Å². The number of hydrogen-bond acceptors (Lipinski definition) is 5. The molecule has 0 atom stereocenters. The molecule has 0 saturated heterocycles. The fourth-order valence-electron chi connectivity index (χ4n) is 2.52. The van der Waals surface area contributed by atoms with Crippen LogP contribution in [0.3, 0.4) is 0 Å². The van der Waals surface area contributed by atoms with Gasteiger partial charge in [-0.15, -0.1) is 0 Å². The summed E-state index contributed by atoms with van der Waals surface area (Å²) in [5, 5.41) is 10.5. The highest BCUT2D eigenvalue weighted by Gasteiger charge is 2.23. The van der Waals surface area contributed by atoms with Crippen LogP contribution >= 0.6 is 34.9 Å². The van der Waals surface area contributed by atoms with E-state index in [-0.39, 0.29) is 22.4 Å². The third-order valence-corrected chi connectivity index (χ3v) is 6.57. The molecular formula is C14H15ClN2O2S2. The van der Waals surface area contributed by atoms with Crippen LogP contribution in [0.5, 0.6) is 5.75 Å². The van der Waals surface area contributed by atoms with Crippen molar-refractivity contribution in [3.05, 3.63) is 33.7 Å². The Morgan fingerprint density at radius 3 is 2.86 bits per heavy atom. The molecule has 1 saturated carbocycles. The molecule has 0 amide bonds. The van der Waals surface area contributed by atoms with E-state index in [9.17, 15) is 9.90 Å². The molecule has 1 aliphatic rings. The summed E-state index contributed by atoms with van der Waals surface area (Å²) < 4.78 is 2.49. The summed E-state index contributed by atoms with van der Waals surface area (Å²) >= 11 is 8.81. The number of hydrogen-bond donors (Lipinski definition) is 1. The lowest BCUT2D eigenvalue weighted by Gasteiger charge is -2.21. The van der Waals surface area contributed by atoms with Gasteiger partial charge in [0.15, 0.2) is 0 Å². The van der Waals surface area contributed by atoms with Gasteiger partial charge in [-0.3, -0.25) is 8.75 Å². The Balaban J connectivity index is 1.90. The summed E-state index contributed by atoms with van der Waals surface area (Å²) in [5.74, 6) is 0.101. The van der Waals surface area contributed by atoms with Crippen molar-refractivity contribution >= 4 is 34.9 Å². The fourth-order valence-corrected chi connectivity index (χ4v) is 5.03. The van der Waals surface area contributed by atoms with Crippen molar-refractivity contribution < 1.29 is 5.11 Å². The van der Waals surface area contributed by atoms with E-state index in [1.165, 1.54) is 29.7 Å². The molecular weight excluding hydrogens is 328 g/mol. The first-order valence-corrected chi connectivity index (χ1v) is 8.86. The average Bonchev–Trinajstić information content (AvgIpc) is 2.79. The average molecular weight is 343 g/mol. The van der Waals surface area contributed by atoms with Gasteiger partial charge in [-0.05, 0) is 36.5 Å². The second kappa shape index (κ2) is 6.42. The van der Waals surface area contributed by atoms with Gasteiger partial charge in [-0.25, -0.2) is 4.98 Å². The van der Waals surface area contributed by atoms with Crippen LogP contribution in [0, 0.1) is 0 Å². The molecule has 0 bridgehead atoms. The Labute approximate surface area is 135 Å². The third-order valence-electron chi connectivity index (χ3n) is 3.60. The minimum atomic E-state index is -0.119. The molecule has 0 aliphatic heterocycles. The number of pyridine rings is 1. The molecule has 0 unspecified atom stereocenters. The van der Waals surface area contributed by atoms with Gasteiger partial charge < -0.3 is 5.11 Å². The standard InChI is InChI=1S/C14H15ClN2O2S2/c15-11-13(19)17(9-5-2-1-3-6-9)21-14(11)20-12-10(18)7-4-8-16-12/h4,7-9,18H,1-3,5-6H2. The zero-order valence-corrected chi connectivity index (χ0v) is 13.7. The van der Waals surface area contributed by atoms with Gasteiger partial charge in [0, 0.05) is 12.2 Å². The van der Waals surface area contributed by atoms with Crippen LogP contribution in [-0.2, 0) is 0 Å². The molecule has 112 valence electrons. The van der Waals surface area contributed by atoms with Gasteiger partial charge in [-0.1, -0.05) is 42.6 Å². The number of nitrogens with zero attached hydrogens (tertiary/aromatic N) is 2. The summed E-state index contributed by atoms with van der Waals surface area (Å²) in [4.78, 5) is 16.4. The summed E-state index contributed by atoms with van der Waals surface area (Å²) in [6.45, 7) is 0. The van der Waals surface area contributed by atoms with Gasteiger partial charge in [0.25, 0.3) is 5.56 Å². The van der Waals surface area contributed by atoms with Gasteiger partial charge in [0.1, 0.15) is 20.0 Å². The molecule has 3 rings (SSSR count). The van der Waals surface area contributed by atoms with Gasteiger partial charge in [-0.2, -0.15) is 0 Å². The van der Waals surface area contributed by atoms with Crippen molar-refractivity contribution in [3.63, 3.8) is 0 Å². The Hall–Kier alpha value is -0.980. The molecule has 0 radical (unpaired) electrons. The van der Waals surface area contributed by atoms with E-state index in [0.29, 0.717) is 9.24 Å². The smallest absolute Gasteiger partial charge is 0.280 e.